The summed E-state index contributed by atoms with van der Waals surface area (Å²) >= 11 is 5.46. The summed E-state index contributed by atoms with van der Waals surface area (Å²) in [7, 11) is 0. The van der Waals surface area contributed by atoms with Gasteiger partial charge in [-0.3, -0.25) is 4.79 Å². The van der Waals surface area contributed by atoms with E-state index in [9.17, 15) is 4.79 Å². The van der Waals surface area contributed by atoms with Crippen molar-refractivity contribution in [2.45, 2.75) is 12.0 Å². The summed E-state index contributed by atoms with van der Waals surface area (Å²) in [6.45, 7) is -0.122. The van der Waals surface area contributed by atoms with Crippen molar-refractivity contribution in [2.24, 2.45) is 0 Å². The highest BCUT2D eigenvalue weighted by Crippen LogP contribution is 2.13. The highest BCUT2D eigenvalue weighted by Gasteiger charge is 2.13. The Morgan fingerprint density at radius 1 is 1.40 bits per heavy atom. The molecule has 1 unspecified atom stereocenters. The molecule has 1 atom stereocenters. The zero-order valence-corrected chi connectivity index (χ0v) is 8.65. The number of carboxylic acid groups (broad SMARTS) is 1. The molecule has 5 heteroatoms. The summed E-state index contributed by atoms with van der Waals surface area (Å²) in [6, 6.07) is 6.69. The van der Waals surface area contributed by atoms with Crippen LogP contribution in [0.3, 0.4) is 0 Å². The maximum absolute atomic E-state index is 10.4. The molecule has 0 amide bonds. The van der Waals surface area contributed by atoms with Crippen LogP contribution < -0.4 is 4.74 Å². The van der Waals surface area contributed by atoms with E-state index in [1.165, 1.54) is 0 Å². The van der Waals surface area contributed by atoms with E-state index in [2.05, 4.69) is 0 Å². The van der Waals surface area contributed by atoms with Crippen LogP contribution in [-0.4, -0.2) is 28.2 Å². The molecule has 0 radical (unpaired) electrons. The molecular weight excluding hydrogens is 220 g/mol. The van der Waals surface area contributed by atoms with Gasteiger partial charge in [0.2, 0.25) is 0 Å². The Balaban J connectivity index is 2.47. The van der Waals surface area contributed by atoms with E-state index in [1.54, 1.807) is 24.3 Å². The Bertz CT molecular complexity index is 323. The largest absolute Gasteiger partial charge is 0.491 e. The van der Waals surface area contributed by atoms with Crippen molar-refractivity contribution in [1.82, 2.24) is 0 Å². The number of aliphatic hydroxyl groups excluding tert-OH is 1. The Morgan fingerprint density at radius 3 is 2.47 bits per heavy atom. The first kappa shape index (κ1) is 11.8. The molecule has 82 valence electrons. The number of alkyl halides is 1. The Labute approximate surface area is 92.1 Å². The normalized spacial score (nSPS) is 12.1. The predicted molar refractivity (Wildman–Crippen MR) is 55.1 cm³/mol. The molecule has 0 aliphatic heterocycles. The van der Waals surface area contributed by atoms with Crippen molar-refractivity contribution < 1.29 is 19.7 Å². The number of ether oxygens (including phenoxy) is 1. The zero-order valence-electron chi connectivity index (χ0n) is 7.89. The van der Waals surface area contributed by atoms with Crippen LogP contribution in [0.4, 0.5) is 0 Å². The van der Waals surface area contributed by atoms with E-state index in [1.807, 2.05) is 0 Å². The third kappa shape index (κ3) is 3.77. The predicted octanol–water partition coefficient (Wildman–Crippen LogP) is 1.25. The molecule has 0 aliphatic carbocycles. The number of halogens is 1. The quantitative estimate of drug-likeness (QED) is 0.748. The van der Waals surface area contributed by atoms with Crippen LogP contribution in [0, 0.1) is 0 Å². The van der Waals surface area contributed by atoms with Crippen LogP contribution in [0.5, 0.6) is 5.75 Å². The zero-order chi connectivity index (χ0) is 11.3. The van der Waals surface area contributed by atoms with Crippen LogP contribution in [0.2, 0.25) is 0 Å². The number of hydrogen-bond donors (Lipinski definition) is 2. The fourth-order valence-corrected chi connectivity index (χ4v) is 0.995. The smallest absolute Gasteiger partial charge is 0.325 e. The SMILES string of the molecule is O=C(O)C(Cl)COc1ccc(CO)cc1. The molecule has 0 fully saturated rings. The molecule has 1 aromatic carbocycles. The monoisotopic (exact) mass is 230 g/mol. The number of rotatable bonds is 5. The van der Waals surface area contributed by atoms with Gasteiger partial charge in [-0.25, -0.2) is 0 Å². The first-order valence-corrected chi connectivity index (χ1v) is 4.76. The van der Waals surface area contributed by atoms with Gasteiger partial charge in [-0.2, -0.15) is 0 Å². The maximum atomic E-state index is 10.4. The standard InChI is InChI=1S/C10H11ClO4/c11-9(10(13)14)6-15-8-3-1-7(5-12)2-4-8/h1-4,9,12H,5-6H2,(H,13,14). The minimum Gasteiger partial charge on any atom is -0.491 e. The highest BCUT2D eigenvalue weighted by atomic mass is 35.5. The lowest BCUT2D eigenvalue weighted by atomic mass is 10.2. The summed E-state index contributed by atoms with van der Waals surface area (Å²) in [4.78, 5) is 10.4. The molecule has 2 N–H and O–H groups in total. The van der Waals surface area contributed by atoms with Gasteiger partial charge in [0.25, 0.3) is 0 Å². The number of hydrogen-bond acceptors (Lipinski definition) is 3. The average molecular weight is 231 g/mol. The van der Waals surface area contributed by atoms with Crippen LogP contribution in [0.15, 0.2) is 24.3 Å². The number of carbonyl (C=O) groups is 1. The number of aliphatic hydroxyl groups is 1. The molecular formula is C10H11ClO4. The molecule has 1 rings (SSSR count). The van der Waals surface area contributed by atoms with Crippen molar-refractivity contribution in [1.29, 1.82) is 0 Å². The highest BCUT2D eigenvalue weighted by molar-refractivity contribution is 6.29. The minimum absolute atomic E-state index is 0.0342. The van der Waals surface area contributed by atoms with E-state index in [0.29, 0.717) is 5.75 Å². The van der Waals surface area contributed by atoms with Gasteiger partial charge in [-0.15, -0.1) is 11.6 Å². The lowest BCUT2D eigenvalue weighted by Crippen LogP contribution is -2.21. The van der Waals surface area contributed by atoms with Crippen LogP contribution in [0.25, 0.3) is 0 Å². The van der Waals surface area contributed by atoms with Gasteiger partial charge in [-0.1, -0.05) is 12.1 Å². The number of carboxylic acids is 1. The molecule has 0 bridgehead atoms. The van der Waals surface area contributed by atoms with Crippen LogP contribution in [-0.2, 0) is 11.4 Å². The summed E-state index contributed by atoms with van der Waals surface area (Å²) in [6.07, 6.45) is 0. The number of benzene rings is 1. The molecule has 4 nitrogen and oxygen atoms in total. The van der Waals surface area contributed by atoms with Gasteiger partial charge in [0, 0.05) is 0 Å². The van der Waals surface area contributed by atoms with Gasteiger partial charge in [0.15, 0.2) is 5.38 Å². The van der Waals surface area contributed by atoms with Gasteiger partial charge in [0.1, 0.15) is 12.4 Å². The van der Waals surface area contributed by atoms with Gasteiger partial charge in [-0.05, 0) is 17.7 Å². The lowest BCUT2D eigenvalue weighted by molar-refractivity contribution is -0.137. The molecule has 0 spiro atoms. The summed E-state index contributed by atoms with van der Waals surface area (Å²) in [5.74, 6) is -0.581. The second-order valence-electron chi connectivity index (χ2n) is 2.92. The third-order valence-electron chi connectivity index (χ3n) is 1.77. The van der Waals surface area contributed by atoms with Crippen molar-refractivity contribution >= 4 is 17.6 Å². The van der Waals surface area contributed by atoms with Crippen LogP contribution in [0.1, 0.15) is 5.56 Å². The Kier molecular flexibility index (Phi) is 4.39. The first-order chi connectivity index (χ1) is 7.13. The van der Waals surface area contributed by atoms with Crippen molar-refractivity contribution in [3.8, 4) is 5.75 Å². The number of aliphatic carboxylic acids is 1. The minimum atomic E-state index is -1.11. The Hall–Kier alpha value is -1.26. The fraction of sp³-hybridized carbons (Fsp3) is 0.300. The summed E-state index contributed by atoms with van der Waals surface area (Å²) in [5.41, 5.74) is 0.767. The maximum Gasteiger partial charge on any atom is 0.325 e. The van der Waals surface area contributed by atoms with Crippen molar-refractivity contribution in [3.05, 3.63) is 29.8 Å². The molecule has 0 saturated carbocycles. The lowest BCUT2D eigenvalue weighted by Gasteiger charge is -2.08. The summed E-state index contributed by atoms with van der Waals surface area (Å²) < 4.78 is 5.13. The topological polar surface area (TPSA) is 66.8 Å². The van der Waals surface area contributed by atoms with E-state index in [4.69, 9.17) is 26.6 Å². The fourth-order valence-electron chi connectivity index (χ4n) is 0.932. The van der Waals surface area contributed by atoms with Gasteiger partial charge >= 0.3 is 5.97 Å². The van der Waals surface area contributed by atoms with Crippen LogP contribution >= 0.6 is 11.6 Å². The van der Waals surface area contributed by atoms with Crippen molar-refractivity contribution in [2.75, 3.05) is 6.61 Å². The molecule has 1 aromatic rings. The summed E-state index contributed by atoms with van der Waals surface area (Å²) in [5, 5.41) is 16.2. The molecule has 0 saturated heterocycles. The molecule has 0 heterocycles. The van der Waals surface area contributed by atoms with E-state index >= 15 is 0 Å². The first-order valence-electron chi connectivity index (χ1n) is 4.33. The third-order valence-corrected chi connectivity index (χ3v) is 2.08. The molecule has 0 aromatic heterocycles. The second-order valence-corrected chi connectivity index (χ2v) is 3.45. The van der Waals surface area contributed by atoms with Gasteiger partial charge in [0.05, 0.1) is 6.61 Å². The van der Waals surface area contributed by atoms with Crippen molar-refractivity contribution in [3.63, 3.8) is 0 Å². The van der Waals surface area contributed by atoms with E-state index < -0.39 is 11.3 Å². The average Bonchev–Trinajstić information content (AvgIpc) is 2.26. The van der Waals surface area contributed by atoms with E-state index in [-0.39, 0.29) is 13.2 Å². The molecule has 0 aliphatic rings. The second kappa shape index (κ2) is 5.58. The Morgan fingerprint density at radius 2 is 2.00 bits per heavy atom. The van der Waals surface area contributed by atoms with Gasteiger partial charge < -0.3 is 14.9 Å². The molecule has 15 heavy (non-hydrogen) atoms. The van der Waals surface area contributed by atoms with E-state index in [0.717, 1.165) is 5.56 Å².